The summed E-state index contributed by atoms with van der Waals surface area (Å²) in [6.45, 7) is 0.511. The second-order valence-corrected chi connectivity index (χ2v) is 5.45. The molecule has 2 aromatic carbocycles. The van der Waals surface area contributed by atoms with Gasteiger partial charge in [-0.1, -0.05) is 11.6 Å². The molecule has 0 aliphatic carbocycles. The summed E-state index contributed by atoms with van der Waals surface area (Å²) in [6.07, 6.45) is 0. The van der Waals surface area contributed by atoms with Crippen molar-refractivity contribution in [2.75, 3.05) is 13.2 Å². The van der Waals surface area contributed by atoms with Crippen LogP contribution in [-0.4, -0.2) is 19.8 Å². The van der Waals surface area contributed by atoms with Crippen molar-refractivity contribution in [2.45, 2.75) is 6.61 Å². The summed E-state index contributed by atoms with van der Waals surface area (Å²) in [4.78, 5) is 0. The molecule has 0 saturated carbocycles. The summed E-state index contributed by atoms with van der Waals surface area (Å²) >= 11 is 0. The molecule has 0 bridgehead atoms. The highest BCUT2D eigenvalue weighted by Gasteiger charge is 2.38. The second-order valence-electron chi connectivity index (χ2n) is 5.45. The van der Waals surface area contributed by atoms with Gasteiger partial charge in [0.1, 0.15) is 11.5 Å². The first-order valence-corrected chi connectivity index (χ1v) is 7.27. The molecule has 1 saturated heterocycles. The third-order valence-electron chi connectivity index (χ3n) is 4.08. The van der Waals surface area contributed by atoms with Gasteiger partial charge in [-0.25, -0.2) is 0 Å². The van der Waals surface area contributed by atoms with Gasteiger partial charge < -0.3 is 19.3 Å². The Morgan fingerprint density at radius 2 is 1.91 bits per heavy atom. The molecule has 22 heavy (non-hydrogen) atoms. The number of ether oxygens (including phenoxy) is 1. The Balaban J connectivity index is 1.58. The Morgan fingerprint density at radius 1 is 1.09 bits per heavy atom. The number of nitriles is 1. The highest BCUT2D eigenvalue weighted by atomic mass is 16.6. The predicted molar refractivity (Wildman–Crippen MR) is 81.8 cm³/mol. The third kappa shape index (κ3) is 2.16. The molecule has 1 fully saturated rings. The van der Waals surface area contributed by atoms with Crippen molar-refractivity contribution in [1.82, 2.24) is 5.23 Å². The van der Waals surface area contributed by atoms with E-state index in [0.29, 0.717) is 24.5 Å². The van der Waals surface area contributed by atoms with Gasteiger partial charge in [0.2, 0.25) is 0 Å². The summed E-state index contributed by atoms with van der Waals surface area (Å²) in [5, 5.41) is 12.1. The summed E-state index contributed by atoms with van der Waals surface area (Å²) in [5.74, 6) is 1.45. The Labute approximate surface area is 128 Å². The third-order valence-corrected chi connectivity index (χ3v) is 4.08. The smallest absolute Gasteiger partial charge is 0.345 e. The minimum Gasteiger partial charge on any atom is -0.550 e. The van der Waals surface area contributed by atoms with E-state index in [-0.39, 0.29) is 0 Å². The van der Waals surface area contributed by atoms with Gasteiger partial charge in [0.15, 0.2) is 0 Å². The van der Waals surface area contributed by atoms with E-state index in [2.05, 4.69) is 11.3 Å². The van der Waals surface area contributed by atoms with E-state index >= 15 is 0 Å². The minimum atomic E-state index is -1.49. The van der Waals surface area contributed by atoms with Crippen LogP contribution < -0.4 is 15.4 Å². The zero-order valence-corrected chi connectivity index (χ0v) is 11.9. The molecule has 2 heterocycles. The molecule has 0 aromatic heterocycles. The van der Waals surface area contributed by atoms with Gasteiger partial charge in [-0.05, 0) is 42.9 Å². The van der Waals surface area contributed by atoms with Crippen LogP contribution in [0.4, 0.5) is 0 Å². The van der Waals surface area contributed by atoms with Crippen molar-refractivity contribution in [3.63, 3.8) is 0 Å². The van der Waals surface area contributed by atoms with Crippen LogP contribution in [0.2, 0.25) is 0 Å². The summed E-state index contributed by atoms with van der Waals surface area (Å²) < 4.78 is 17.4. The normalized spacial score (nSPS) is 22.5. The molecule has 1 N–H and O–H groups in total. The first kappa shape index (κ1) is 13.3. The lowest BCUT2D eigenvalue weighted by Gasteiger charge is -2.31. The van der Waals surface area contributed by atoms with Crippen molar-refractivity contribution in [3.8, 4) is 17.6 Å². The van der Waals surface area contributed by atoms with E-state index in [9.17, 15) is 0 Å². The van der Waals surface area contributed by atoms with Gasteiger partial charge in [0.05, 0.1) is 11.6 Å². The molecule has 6 heteroatoms. The largest absolute Gasteiger partial charge is 0.550 e. The van der Waals surface area contributed by atoms with Crippen LogP contribution in [0, 0.1) is 11.3 Å². The Morgan fingerprint density at radius 3 is 2.64 bits per heavy atom. The number of nitrogens with zero attached hydrogens (tertiary/aromatic N) is 1. The van der Waals surface area contributed by atoms with E-state index in [0.717, 1.165) is 23.3 Å². The molecular weight excluding hydrogens is 279 g/mol. The SMILES string of the molecule is N#Cc1ccc(Oc2ccc3c(c2)CO[B-]32NCCO2)cc1. The van der Waals surface area contributed by atoms with Crippen LogP contribution in [0.5, 0.6) is 11.5 Å². The molecule has 1 atom stereocenters. The molecule has 110 valence electrons. The van der Waals surface area contributed by atoms with Crippen LogP contribution in [-0.2, 0) is 15.9 Å². The van der Waals surface area contributed by atoms with E-state index in [1.165, 1.54) is 0 Å². The van der Waals surface area contributed by atoms with Crippen molar-refractivity contribution >= 4 is 12.1 Å². The van der Waals surface area contributed by atoms with Crippen LogP contribution in [0.1, 0.15) is 11.1 Å². The molecule has 5 nitrogen and oxygen atoms in total. The fourth-order valence-electron chi connectivity index (χ4n) is 3.01. The van der Waals surface area contributed by atoms with E-state index in [1.54, 1.807) is 24.3 Å². The average molecular weight is 293 g/mol. The van der Waals surface area contributed by atoms with Gasteiger partial charge >= 0.3 is 6.69 Å². The van der Waals surface area contributed by atoms with Gasteiger partial charge in [0, 0.05) is 13.2 Å². The molecule has 0 radical (unpaired) electrons. The van der Waals surface area contributed by atoms with Crippen LogP contribution in [0.25, 0.3) is 0 Å². The van der Waals surface area contributed by atoms with Gasteiger partial charge in [0.25, 0.3) is 0 Å². The maximum atomic E-state index is 8.80. The summed E-state index contributed by atoms with van der Waals surface area (Å²) in [5.41, 5.74) is 2.77. The van der Waals surface area contributed by atoms with Crippen LogP contribution in [0.3, 0.4) is 0 Å². The van der Waals surface area contributed by atoms with Gasteiger partial charge in [-0.2, -0.15) is 5.26 Å². The highest BCUT2D eigenvalue weighted by molar-refractivity contribution is 6.80. The molecule has 4 rings (SSSR count). The minimum absolute atomic E-state index is 0.521. The number of benzene rings is 2. The molecule has 2 aromatic rings. The number of fused-ring (bicyclic) bond motifs is 2. The van der Waals surface area contributed by atoms with Crippen molar-refractivity contribution in [1.29, 1.82) is 5.26 Å². The monoisotopic (exact) mass is 293 g/mol. The van der Waals surface area contributed by atoms with Crippen molar-refractivity contribution < 1.29 is 14.0 Å². The van der Waals surface area contributed by atoms with E-state index in [4.69, 9.17) is 19.3 Å². The zero-order valence-electron chi connectivity index (χ0n) is 11.9. The van der Waals surface area contributed by atoms with E-state index < -0.39 is 6.69 Å². The van der Waals surface area contributed by atoms with Gasteiger partial charge in [-0.15, -0.1) is 5.46 Å². The molecule has 1 unspecified atom stereocenters. The fraction of sp³-hybridized carbons (Fsp3) is 0.188. The van der Waals surface area contributed by atoms with E-state index in [1.807, 2.05) is 18.2 Å². The maximum absolute atomic E-state index is 8.80. The lowest BCUT2D eigenvalue weighted by molar-refractivity contribution is 0.212. The van der Waals surface area contributed by atoms with Crippen LogP contribution in [0.15, 0.2) is 42.5 Å². The lowest BCUT2D eigenvalue weighted by Crippen LogP contribution is -2.57. The lowest BCUT2D eigenvalue weighted by atomic mass is 9.65. The van der Waals surface area contributed by atoms with Crippen molar-refractivity contribution in [2.24, 2.45) is 0 Å². The number of rotatable bonds is 2. The average Bonchev–Trinajstić information content (AvgIpc) is 3.17. The molecule has 2 aliphatic heterocycles. The topological polar surface area (TPSA) is 63.5 Å². The van der Waals surface area contributed by atoms with Crippen LogP contribution >= 0.6 is 0 Å². The zero-order chi connectivity index (χ0) is 15.0. The first-order chi connectivity index (χ1) is 10.8. The first-order valence-electron chi connectivity index (χ1n) is 7.27. The quantitative estimate of drug-likeness (QED) is 0.853. The van der Waals surface area contributed by atoms with Gasteiger partial charge in [-0.3, -0.25) is 0 Å². The predicted octanol–water partition coefficient (Wildman–Crippen LogP) is 1.65. The maximum Gasteiger partial charge on any atom is 0.345 e. The molecule has 2 aliphatic rings. The summed E-state index contributed by atoms with van der Waals surface area (Å²) in [7, 11) is 0. The fourth-order valence-corrected chi connectivity index (χ4v) is 3.01. The Hall–Kier alpha value is -2.33. The van der Waals surface area contributed by atoms with Crippen molar-refractivity contribution in [3.05, 3.63) is 53.6 Å². The molecule has 0 amide bonds. The Kier molecular flexibility index (Phi) is 3.12. The number of hydrogen-bond acceptors (Lipinski definition) is 5. The standard InChI is InChI=1S/C16H14BN2O3/c18-10-12-1-3-14(4-2-12)22-15-5-6-16-13(9-15)11-21-17(16)19-7-8-20-17/h1-6,9,19H,7-8,11H2/q-1. The second kappa shape index (κ2) is 5.14. The Bertz CT molecular complexity index is 749. The summed E-state index contributed by atoms with van der Waals surface area (Å²) in [6, 6.07) is 15.0. The number of nitrogens with one attached hydrogen (secondary N) is 1. The highest BCUT2D eigenvalue weighted by Crippen LogP contribution is 2.27. The molecule has 1 spiro atoms. The number of hydrogen-bond donors (Lipinski definition) is 1. The molecular formula is C16H14BN2O3-.